The molecule has 0 spiro atoms. The normalized spacial score (nSPS) is 14.5. The largest absolute Gasteiger partial charge is 0.440 e. The van der Waals surface area contributed by atoms with Crippen molar-refractivity contribution >= 4 is 39.1 Å². The van der Waals surface area contributed by atoms with Crippen molar-refractivity contribution in [2.45, 2.75) is 35.5 Å². The highest BCUT2D eigenvalue weighted by Gasteiger charge is 2.09. The number of benzene rings is 1. The molecular formula is C12H15INO2S-. The maximum absolute atomic E-state index is 11.8. The van der Waals surface area contributed by atoms with Crippen LogP contribution in [0, 0.1) is 6.92 Å². The first-order valence-corrected chi connectivity index (χ1v) is 7.78. The molecule has 0 heterocycles. The molecule has 1 amide bonds. The van der Waals surface area contributed by atoms with Gasteiger partial charge in [-0.05, 0) is 13.3 Å². The lowest BCUT2D eigenvalue weighted by molar-refractivity contribution is -0.116. The summed E-state index contributed by atoms with van der Waals surface area (Å²) in [5, 5.41) is 0. The lowest BCUT2D eigenvalue weighted by Gasteiger charge is -2.08. The van der Waals surface area contributed by atoms with Crippen LogP contribution in [0.15, 0.2) is 33.5 Å². The van der Waals surface area contributed by atoms with Gasteiger partial charge in [0.1, 0.15) is 0 Å². The van der Waals surface area contributed by atoms with Crippen LogP contribution in [0.1, 0.15) is 25.3 Å². The number of nitrogens with zero attached hydrogens (tertiary/aromatic N) is 1. The van der Waals surface area contributed by atoms with Gasteiger partial charge >= 0.3 is 0 Å². The molecule has 0 saturated heterocycles. The van der Waals surface area contributed by atoms with E-state index in [1.165, 1.54) is 0 Å². The molecule has 0 fully saturated rings. The summed E-state index contributed by atoms with van der Waals surface area (Å²) >= 11 is 2.05. The van der Waals surface area contributed by atoms with Gasteiger partial charge in [0.25, 0.3) is 0 Å². The molecule has 0 aliphatic rings. The molecule has 1 unspecified atom stereocenters. The SMILES string of the molecule is CCCC(I)C(=O)N=[S-](=O)c1ccc(C)cc1. The summed E-state index contributed by atoms with van der Waals surface area (Å²) in [6.45, 7) is 3.97. The van der Waals surface area contributed by atoms with E-state index >= 15 is 0 Å². The first-order chi connectivity index (χ1) is 8.04. The Bertz CT molecular complexity index is 464. The highest BCUT2D eigenvalue weighted by molar-refractivity contribution is 14.1. The van der Waals surface area contributed by atoms with Gasteiger partial charge in [0.15, 0.2) is 0 Å². The predicted molar refractivity (Wildman–Crippen MR) is 77.6 cm³/mol. The molecule has 0 bridgehead atoms. The van der Waals surface area contributed by atoms with Crippen molar-refractivity contribution in [2.24, 2.45) is 4.36 Å². The average molecular weight is 364 g/mol. The molecule has 0 aromatic heterocycles. The van der Waals surface area contributed by atoms with E-state index in [0.29, 0.717) is 4.90 Å². The highest BCUT2D eigenvalue weighted by Crippen LogP contribution is 2.12. The number of halogens is 1. The van der Waals surface area contributed by atoms with E-state index in [-0.39, 0.29) is 9.83 Å². The zero-order chi connectivity index (χ0) is 12.8. The Morgan fingerprint density at radius 2 is 2.00 bits per heavy atom. The lowest BCUT2D eigenvalue weighted by Crippen LogP contribution is -2.10. The van der Waals surface area contributed by atoms with Crippen LogP contribution in [0.4, 0.5) is 0 Å². The van der Waals surface area contributed by atoms with E-state index < -0.39 is 10.6 Å². The van der Waals surface area contributed by atoms with Gasteiger partial charge in [0, 0.05) is 0 Å². The van der Waals surface area contributed by atoms with Crippen molar-refractivity contribution in [1.82, 2.24) is 0 Å². The fraction of sp³-hybridized carbons (Fsp3) is 0.417. The van der Waals surface area contributed by atoms with Gasteiger partial charge in [-0.2, -0.15) is 10.6 Å². The van der Waals surface area contributed by atoms with Crippen LogP contribution in [0.25, 0.3) is 0 Å². The molecule has 0 N–H and O–H groups in total. The van der Waals surface area contributed by atoms with Gasteiger partial charge in [0.2, 0.25) is 5.91 Å². The second-order valence-corrected chi connectivity index (χ2v) is 6.40. The first kappa shape index (κ1) is 14.6. The van der Waals surface area contributed by atoms with Crippen molar-refractivity contribution in [1.29, 1.82) is 0 Å². The molecule has 0 aliphatic carbocycles. The quantitative estimate of drug-likeness (QED) is 0.465. The Morgan fingerprint density at radius 3 is 2.53 bits per heavy atom. The molecular weight excluding hydrogens is 349 g/mol. The second-order valence-electron chi connectivity index (χ2n) is 3.75. The van der Waals surface area contributed by atoms with Crippen molar-refractivity contribution in [3.05, 3.63) is 29.8 Å². The van der Waals surface area contributed by atoms with Gasteiger partial charge in [0.05, 0.1) is 3.92 Å². The predicted octanol–water partition coefficient (Wildman–Crippen LogP) is 3.63. The van der Waals surface area contributed by atoms with E-state index in [2.05, 4.69) is 4.36 Å². The number of rotatable bonds is 4. The number of amides is 1. The number of alkyl halides is 1. The molecule has 0 radical (unpaired) electrons. The maximum Gasteiger partial charge on any atom is 0.235 e. The molecule has 3 nitrogen and oxygen atoms in total. The van der Waals surface area contributed by atoms with E-state index in [4.69, 9.17) is 0 Å². The van der Waals surface area contributed by atoms with Crippen LogP contribution in [-0.2, 0) is 19.6 Å². The van der Waals surface area contributed by atoms with Crippen LogP contribution in [0.3, 0.4) is 0 Å². The lowest BCUT2D eigenvalue weighted by atomic mass is 10.2. The third kappa shape index (κ3) is 4.75. The summed E-state index contributed by atoms with van der Waals surface area (Å²) in [6, 6.07) is 7.20. The zero-order valence-corrected chi connectivity index (χ0v) is 12.8. The van der Waals surface area contributed by atoms with E-state index in [1.807, 2.05) is 48.6 Å². The molecule has 17 heavy (non-hydrogen) atoms. The molecule has 1 rings (SSSR count). The van der Waals surface area contributed by atoms with Crippen molar-refractivity contribution in [3.8, 4) is 0 Å². The summed E-state index contributed by atoms with van der Waals surface area (Å²) in [6.07, 6.45) is 1.69. The van der Waals surface area contributed by atoms with E-state index in [9.17, 15) is 9.00 Å². The first-order valence-electron chi connectivity index (χ1n) is 5.42. The van der Waals surface area contributed by atoms with Gasteiger partial charge < -0.3 is 8.57 Å². The third-order valence-electron chi connectivity index (χ3n) is 2.21. The van der Waals surface area contributed by atoms with E-state index in [1.54, 1.807) is 12.1 Å². The smallest absolute Gasteiger partial charge is 0.235 e. The Hall–Kier alpha value is -0.430. The van der Waals surface area contributed by atoms with Crippen LogP contribution in [-0.4, -0.2) is 9.83 Å². The Kier molecular flexibility index (Phi) is 6.11. The topological polar surface area (TPSA) is 46.5 Å². The van der Waals surface area contributed by atoms with Gasteiger partial charge in [-0.15, -0.1) is 0 Å². The van der Waals surface area contributed by atoms with Crippen molar-refractivity contribution < 1.29 is 9.00 Å². The minimum absolute atomic E-state index is 0.174. The number of carbonyl (C=O) groups excluding carboxylic acids is 1. The minimum atomic E-state index is -1.58. The summed E-state index contributed by atoms with van der Waals surface area (Å²) in [5.74, 6) is -0.286. The fourth-order valence-corrected chi connectivity index (χ4v) is 2.94. The Balaban J connectivity index is 2.82. The van der Waals surface area contributed by atoms with Crippen LogP contribution in [0.5, 0.6) is 0 Å². The summed E-state index contributed by atoms with van der Waals surface area (Å²) in [5.41, 5.74) is 1.09. The second kappa shape index (κ2) is 7.10. The van der Waals surface area contributed by atoms with Crippen molar-refractivity contribution in [2.75, 3.05) is 0 Å². The molecule has 0 aliphatic heterocycles. The Morgan fingerprint density at radius 1 is 1.41 bits per heavy atom. The number of carbonyl (C=O) groups is 1. The highest BCUT2D eigenvalue weighted by atomic mass is 127. The van der Waals surface area contributed by atoms with Crippen LogP contribution < -0.4 is 0 Å². The van der Waals surface area contributed by atoms with Crippen LogP contribution in [0.2, 0.25) is 0 Å². The third-order valence-corrected chi connectivity index (χ3v) is 4.38. The number of aryl methyl sites for hydroxylation is 1. The molecule has 1 atom stereocenters. The maximum atomic E-state index is 11.8. The molecule has 5 heteroatoms. The monoisotopic (exact) mass is 364 g/mol. The molecule has 1 aromatic rings. The fourth-order valence-electron chi connectivity index (χ4n) is 1.22. The molecule has 0 saturated carbocycles. The summed E-state index contributed by atoms with van der Waals surface area (Å²) in [7, 11) is -1.58. The van der Waals surface area contributed by atoms with E-state index in [0.717, 1.165) is 18.4 Å². The minimum Gasteiger partial charge on any atom is -0.440 e. The van der Waals surface area contributed by atoms with Crippen LogP contribution >= 0.6 is 22.6 Å². The zero-order valence-electron chi connectivity index (χ0n) is 9.85. The summed E-state index contributed by atoms with van der Waals surface area (Å²) in [4.78, 5) is 12.2. The Labute approximate surface area is 117 Å². The number of hydrogen-bond donors (Lipinski definition) is 0. The van der Waals surface area contributed by atoms with Crippen molar-refractivity contribution in [3.63, 3.8) is 0 Å². The average Bonchev–Trinajstić information content (AvgIpc) is 2.30. The standard InChI is InChI=1S/C12H15INO2S/c1-3-4-11(13)12(15)14-17(16)10-7-5-9(2)6-8-10/h5-8,11H,3-4H2,1-2H3/q-1. The van der Waals surface area contributed by atoms with Gasteiger partial charge in [-0.1, -0.05) is 70.7 Å². The summed E-state index contributed by atoms with van der Waals surface area (Å²) < 4.78 is 15.3. The van der Waals surface area contributed by atoms with Gasteiger partial charge in [-0.3, -0.25) is 4.79 Å². The molecule has 1 aromatic carbocycles. The van der Waals surface area contributed by atoms with Gasteiger partial charge in [-0.25, -0.2) is 0 Å². The molecule has 94 valence electrons. The number of hydrogen-bond acceptors (Lipinski definition) is 3.